The third-order valence-electron chi connectivity index (χ3n) is 2.13. The molecule has 1 heteroatoms. The highest BCUT2D eigenvalue weighted by molar-refractivity contribution is 5.87. The molecule has 0 spiro atoms. The second-order valence-electron chi connectivity index (χ2n) is 2.79. The molecule has 1 aliphatic heterocycles. The molecule has 3 rings (SSSR count). The molecule has 0 radical (unpaired) electrons. The molecular weight excluding hydrogens is 122 g/mol. The molecule has 0 unspecified atom stereocenters. The number of fused-ring (bicyclic) bond motifs is 3. The second-order valence-corrected chi connectivity index (χ2v) is 2.79. The fourth-order valence-corrected chi connectivity index (χ4v) is 1.53. The molecule has 0 saturated heterocycles. The van der Waals surface area contributed by atoms with Crippen molar-refractivity contribution in [3.05, 3.63) is 36.2 Å². The minimum absolute atomic E-state index is 1.16. The SMILES string of the molecule is c1ccc2c3n(cc2c1)C3. The molecule has 0 N–H and O–H groups in total. The van der Waals surface area contributed by atoms with Gasteiger partial charge in [0.05, 0.1) is 6.54 Å². The first-order valence-electron chi connectivity index (χ1n) is 3.52. The molecule has 1 aliphatic rings. The van der Waals surface area contributed by atoms with Crippen molar-refractivity contribution in [1.82, 2.24) is 4.57 Å². The number of rotatable bonds is 0. The Morgan fingerprint density at radius 2 is 2.10 bits per heavy atom. The van der Waals surface area contributed by atoms with Crippen molar-refractivity contribution in [2.75, 3.05) is 0 Å². The van der Waals surface area contributed by atoms with Crippen LogP contribution >= 0.6 is 0 Å². The average Bonchev–Trinajstić information content (AvgIpc) is 2.64. The Balaban J connectivity index is 2.60. The predicted molar refractivity (Wildman–Crippen MR) is 41.0 cm³/mol. The fourth-order valence-electron chi connectivity index (χ4n) is 1.53. The lowest BCUT2D eigenvalue weighted by molar-refractivity contribution is 1.13. The highest BCUT2D eigenvalue weighted by Crippen LogP contribution is 2.30. The van der Waals surface area contributed by atoms with Gasteiger partial charge in [0.25, 0.3) is 0 Å². The summed E-state index contributed by atoms with van der Waals surface area (Å²) < 4.78 is 2.28. The summed E-state index contributed by atoms with van der Waals surface area (Å²) in [5.74, 6) is 0. The van der Waals surface area contributed by atoms with Gasteiger partial charge in [-0.2, -0.15) is 0 Å². The van der Waals surface area contributed by atoms with Crippen LogP contribution in [0.5, 0.6) is 0 Å². The van der Waals surface area contributed by atoms with Crippen LogP contribution in [-0.2, 0) is 6.54 Å². The van der Waals surface area contributed by atoms with Gasteiger partial charge in [0.15, 0.2) is 0 Å². The maximum atomic E-state index is 2.28. The lowest BCUT2D eigenvalue weighted by atomic mass is 10.2. The standard InChI is InChI=1S/C9H7N/c1-2-4-8-7(3-1)5-10-6-9(8)10/h1-5H,6H2. The molecule has 0 aliphatic carbocycles. The van der Waals surface area contributed by atoms with Crippen LogP contribution in [0.3, 0.4) is 0 Å². The van der Waals surface area contributed by atoms with Crippen molar-refractivity contribution in [2.24, 2.45) is 0 Å². The normalized spacial score (nSPS) is 13.6. The summed E-state index contributed by atoms with van der Waals surface area (Å²) in [6.45, 7) is 1.16. The lowest BCUT2D eigenvalue weighted by Crippen LogP contribution is -1.66. The van der Waals surface area contributed by atoms with Crippen molar-refractivity contribution in [3.8, 4) is 0 Å². The Bertz CT molecular complexity index is 398. The molecule has 1 aromatic heterocycles. The van der Waals surface area contributed by atoms with E-state index in [1.807, 2.05) is 0 Å². The summed E-state index contributed by atoms with van der Waals surface area (Å²) in [6, 6.07) is 8.53. The van der Waals surface area contributed by atoms with Crippen LogP contribution in [0.4, 0.5) is 0 Å². The molecule has 0 fully saturated rings. The van der Waals surface area contributed by atoms with E-state index in [9.17, 15) is 0 Å². The Hall–Kier alpha value is -1.24. The van der Waals surface area contributed by atoms with Gasteiger partial charge < -0.3 is 4.57 Å². The first-order valence-corrected chi connectivity index (χ1v) is 3.52. The Kier molecular flexibility index (Phi) is 0.575. The molecule has 0 amide bonds. The van der Waals surface area contributed by atoms with E-state index in [1.165, 1.54) is 16.5 Å². The second kappa shape index (κ2) is 1.26. The van der Waals surface area contributed by atoms with E-state index in [0.29, 0.717) is 0 Å². The molecule has 0 saturated carbocycles. The summed E-state index contributed by atoms with van der Waals surface area (Å²) in [4.78, 5) is 0. The van der Waals surface area contributed by atoms with E-state index in [4.69, 9.17) is 0 Å². The number of aromatic nitrogens is 1. The molecular formula is C9H7N. The van der Waals surface area contributed by atoms with Crippen LogP contribution in [0.25, 0.3) is 10.8 Å². The zero-order valence-electron chi connectivity index (χ0n) is 5.54. The van der Waals surface area contributed by atoms with Crippen molar-refractivity contribution >= 4 is 10.8 Å². The first kappa shape index (κ1) is 4.56. The van der Waals surface area contributed by atoms with Crippen LogP contribution in [-0.4, -0.2) is 4.57 Å². The smallest absolute Gasteiger partial charge is 0.0632 e. The van der Waals surface area contributed by atoms with Gasteiger partial charge in [0.1, 0.15) is 0 Å². The van der Waals surface area contributed by atoms with Crippen LogP contribution in [0.15, 0.2) is 30.5 Å². The highest BCUT2D eigenvalue weighted by atomic mass is 15.1. The Morgan fingerprint density at radius 3 is 3.00 bits per heavy atom. The zero-order valence-corrected chi connectivity index (χ0v) is 5.54. The molecule has 1 aromatic carbocycles. The van der Waals surface area contributed by atoms with Crippen molar-refractivity contribution < 1.29 is 0 Å². The van der Waals surface area contributed by atoms with E-state index in [-0.39, 0.29) is 0 Å². The molecule has 48 valence electrons. The van der Waals surface area contributed by atoms with Gasteiger partial charge >= 0.3 is 0 Å². The zero-order chi connectivity index (χ0) is 6.55. The Labute approximate surface area is 58.9 Å². The molecule has 2 aromatic rings. The van der Waals surface area contributed by atoms with Gasteiger partial charge in [-0.25, -0.2) is 0 Å². The largest absolute Gasteiger partial charge is 0.343 e. The average molecular weight is 129 g/mol. The van der Waals surface area contributed by atoms with E-state index >= 15 is 0 Å². The van der Waals surface area contributed by atoms with E-state index in [2.05, 4.69) is 35.0 Å². The van der Waals surface area contributed by atoms with Crippen LogP contribution in [0.2, 0.25) is 0 Å². The minimum Gasteiger partial charge on any atom is -0.343 e. The maximum Gasteiger partial charge on any atom is 0.0632 e. The molecule has 0 atom stereocenters. The monoisotopic (exact) mass is 129 g/mol. The number of nitrogens with zero attached hydrogens (tertiary/aromatic N) is 1. The van der Waals surface area contributed by atoms with Crippen LogP contribution < -0.4 is 0 Å². The van der Waals surface area contributed by atoms with Gasteiger partial charge in [-0.15, -0.1) is 0 Å². The molecule has 1 nitrogen and oxygen atoms in total. The van der Waals surface area contributed by atoms with Gasteiger partial charge in [-0.1, -0.05) is 24.3 Å². The Morgan fingerprint density at radius 1 is 1.20 bits per heavy atom. The molecule has 0 bridgehead atoms. The lowest BCUT2D eigenvalue weighted by Gasteiger charge is -1.86. The topological polar surface area (TPSA) is 4.93 Å². The number of hydrogen-bond donors (Lipinski definition) is 0. The summed E-state index contributed by atoms with van der Waals surface area (Å²) in [7, 11) is 0. The highest BCUT2D eigenvalue weighted by Gasteiger charge is 2.18. The third-order valence-corrected chi connectivity index (χ3v) is 2.13. The summed E-state index contributed by atoms with van der Waals surface area (Å²) in [5, 5.41) is 2.81. The van der Waals surface area contributed by atoms with Crippen molar-refractivity contribution in [1.29, 1.82) is 0 Å². The van der Waals surface area contributed by atoms with E-state index in [0.717, 1.165) is 6.54 Å². The summed E-state index contributed by atoms with van der Waals surface area (Å²) >= 11 is 0. The molecule has 2 heterocycles. The van der Waals surface area contributed by atoms with E-state index < -0.39 is 0 Å². The molecule has 10 heavy (non-hydrogen) atoms. The summed E-state index contributed by atoms with van der Waals surface area (Å²) in [5.41, 5.74) is 1.50. The number of benzene rings is 1. The predicted octanol–water partition coefficient (Wildman–Crippen LogP) is 2.00. The summed E-state index contributed by atoms with van der Waals surface area (Å²) in [6.07, 6.45) is 2.21. The van der Waals surface area contributed by atoms with Gasteiger partial charge in [0.2, 0.25) is 0 Å². The van der Waals surface area contributed by atoms with Gasteiger partial charge in [-0.3, -0.25) is 0 Å². The van der Waals surface area contributed by atoms with Crippen molar-refractivity contribution in [3.63, 3.8) is 0 Å². The van der Waals surface area contributed by atoms with Crippen LogP contribution in [0.1, 0.15) is 5.69 Å². The third kappa shape index (κ3) is 0.397. The van der Waals surface area contributed by atoms with E-state index in [1.54, 1.807) is 0 Å². The first-order chi connectivity index (χ1) is 4.95. The maximum absolute atomic E-state index is 2.28. The minimum atomic E-state index is 1.16. The van der Waals surface area contributed by atoms with Gasteiger partial charge in [0, 0.05) is 17.3 Å². The van der Waals surface area contributed by atoms with Crippen molar-refractivity contribution in [2.45, 2.75) is 6.54 Å². The van der Waals surface area contributed by atoms with Crippen LogP contribution in [0, 0.1) is 0 Å². The number of hydrogen-bond acceptors (Lipinski definition) is 0. The quantitative estimate of drug-likeness (QED) is 0.437. The fraction of sp³-hybridized carbons (Fsp3) is 0.111. The van der Waals surface area contributed by atoms with Gasteiger partial charge in [-0.05, 0) is 5.39 Å².